The molecule has 0 atom stereocenters. The third-order valence-electron chi connectivity index (χ3n) is 2.30. The second-order valence-electron chi connectivity index (χ2n) is 3.59. The maximum Gasteiger partial charge on any atom is 0.417 e. The summed E-state index contributed by atoms with van der Waals surface area (Å²) < 4.78 is 39.4. The zero-order valence-corrected chi connectivity index (χ0v) is 10.5. The van der Waals surface area contributed by atoms with E-state index in [-0.39, 0.29) is 0 Å². The van der Waals surface area contributed by atoms with E-state index < -0.39 is 17.3 Å². The van der Waals surface area contributed by atoms with Gasteiger partial charge in [0, 0.05) is 11.9 Å². The second kappa shape index (κ2) is 4.93. The van der Waals surface area contributed by atoms with Gasteiger partial charge < -0.3 is 0 Å². The average Bonchev–Trinajstić information content (AvgIpc) is 2.73. The Balaban J connectivity index is 2.36. The number of aryl methyl sites for hydroxylation is 1. The van der Waals surface area contributed by atoms with Gasteiger partial charge in [-0.2, -0.15) is 23.5 Å². The maximum absolute atomic E-state index is 12.6. The fourth-order valence-electron chi connectivity index (χ4n) is 1.41. The minimum atomic E-state index is -4.53. The van der Waals surface area contributed by atoms with E-state index in [0.717, 1.165) is 17.8 Å². The largest absolute Gasteiger partial charge is 0.417 e. The number of nitriles is 1. The number of aromatic nitrogens is 3. The summed E-state index contributed by atoms with van der Waals surface area (Å²) in [6, 6.07) is 4.97. The van der Waals surface area contributed by atoms with Crippen LogP contribution in [0.3, 0.4) is 0 Å². The van der Waals surface area contributed by atoms with Gasteiger partial charge in [0.1, 0.15) is 6.33 Å². The molecule has 0 amide bonds. The van der Waals surface area contributed by atoms with E-state index in [0.29, 0.717) is 10.1 Å². The third-order valence-corrected chi connectivity index (χ3v) is 3.34. The van der Waals surface area contributed by atoms with Gasteiger partial charge in [-0.05, 0) is 18.2 Å². The van der Waals surface area contributed by atoms with Gasteiger partial charge >= 0.3 is 6.18 Å². The summed E-state index contributed by atoms with van der Waals surface area (Å²) in [6.45, 7) is 0. The molecule has 0 unspecified atom stereocenters. The highest BCUT2D eigenvalue weighted by Gasteiger charge is 2.33. The highest BCUT2D eigenvalue weighted by molar-refractivity contribution is 7.99. The predicted molar refractivity (Wildman–Crippen MR) is 61.3 cm³/mol. The molecule has 0 spiro atoms. The van der Waals surface area contributed by atoms with Crippen LogP contribution in [0.5, 0.6) is 0 Å². The number of benzene rings is 1. The van der Waals surface area contributed by atoms with Gasteiger partial charge in [0.05, 0.1) is 17.2 Å². The highest BCUT2D eigenvalue weighted by atomic mass is 32.2. The van der Waals surface area contributed by atoms with Gasteiger partial charge in [-0.15, -0.1) is 0 Å². The van der Waals surface area contributed by atoms with E-state index in [9.17, 15) is 13.2 Å². The van der Waals surface area contributed by atoms with Crippen LogP contribution in [0.2, 0.25) is 0 Å². The monoisotopic (exact) mass is 284 g/mol. The molecule has 1 aromatic carbocycles. The number of hydrogen-bond acceptors (Lipinski definition) is 4. The molecular weight excluding hydrogens is 277 g/mol. The van der Waals surface area contributed by atoms with E-state index >= 15 is 0 Å². The van der Waals surface area contributed by atoms with E-state index in [1.807, 2.05) is 0 Å². The molecule has 4 nitrogen and oxygen atoms in total. The normalized spacial score (nSPS) is 11.3. The number of rotatable bonds is 2. The summed E-state index contributed by atoms with van der Waals surface area (Å²) >= 11 is 1.14. The fourth-order valence-corrected chi connectivity index (χ4v) is 2.21. The molecule has 0 aliphatic heterocycles. The predicted octanol–water partition coefficient (Wildman–Crippen LogP) is 2.86. The lowest BCUT2D eigenvalue weighted by molar-refractivity contribution is -0.137. The minimum absolute atomic E-state index is 0.403. The van der Waals surface area contributed by atoms with Gasteiger partial charge in [-0.25, -0.2) is 9.67 Å². The molecule has 2 rings (SSSR count). The van der Waals surface area contributed by atoms with Crippen molar-refractivity contribution < 1.29 is 13.2 Å². The number of alkyl halides is 3. The van der Waals surface area contributed by atoms with Crippen molar-refractivity contribution in [3.05, 3.63) is 35.7 Å². The molecule has 19 heavy (non-hydrogen) atoms. The third kappa shape index (κ3) is 2.88. The number of nitrogens with zero attached hydrogens (tertiary/aromatic N) is 4. The van der Waals surface area contributed by atoms with Gasteiger partial charge in [0.15, 0.2) is 5.16 Å². The Morgan fingerprint density at radius 2 is 2.11 bits per heavy atom. The molecule has 98 valence electrons. The van der Waals surface area contributed by atoms with E-state index in [1.165, 1.54) is 23.1 Å². The minimum Gasteiger partial charge on any atom is -0.244 e. The van der Waals surface area contributed by atoms with Crippen molar-refractivity contribution in [3.63, 3.8) is 0 Å². The van der Waals surface area contributed by atoms with Crippen molar-refractivity contribution in [2.24, 2.45) is 7.05 Å². The smallest absolute Gasteiger partial charge is 0.244 e. The van der Waals surface area contributed by atoms with Gasteiger partial charge in [0.25, 0.3) is 0 Å². The Morgan fingerprint density at radius 3 is 2.63 bits per heavy atom. The van der Waals surface area contributed by atoms with Gasteiger partial charge in [-0.3, -0.25) is 0 Å². The van der Waals surface area contributed by atoms with Crippen molar-refractivity contribution in [1.29, 1.82) is 5.26 Å². The van der Waals surface area contributed by atoms with Crippen LogP contribution in [0, 0.1) is 11.3 Å². The summed E-state index contributed by atoms with van der Waals surface area (Å²) in [5, 5.41) is 13.2. The van der Waals surface area contributed by atoms with Crippen molar-refractivity contribution in [3.8, 4) is 6.07 Å². The first kappa shape index (κ1) is 13.4. The van der Waals surface area contributed by atoms with Crippen molar-refractivity contribution in [2.45, 2.75) is 16.2 Å². The van der Waals surface area contributed by atoms with Crippen LogP contribution in [-0.4, -0.2) is 14.8 Å². The van der Waals surface area contributed by atoms with E-state index in [4.69, 9.17) is 5.26 Å². The molecular formula is C11H7F3N4S. The van der Waals surface area contributed by atoms with Gasteiger partial charge in [-0.1, -0.05) is 11.8 Å². The summed E-state index contributed by atoms with van der Waals surface area (Å²) in [4.78, 5) is 4.45. The first-order valence-electron chi connectivity index (χ1n) is 5.05. The van der Waals surface area contributed by atoms with Crippen LogP contribution in [0.15, 0.2) is 34.6 Å². The average molecular weight is 284 g/mol. The van der Waals surface area contributed by atoms with Crippen molar-refractivity contribution >= 4 is 11.8 Å². The summed E-state index contributed by atoms with van der Waals surface area (Å²) in [6.07, 6.45) is -3.18. The quantitative estimate of drug-likeness (QED) is 0.851. The van der Waals surface area contributed by atoms with Crippen LogP contribution in [-0.2, 0) is 13.2 Å². The Morgan fingerprint density at radius 1 is 1.37 bits per heavy atom. The molecule has 8 heteroatoms. The first-order chi connectivity index (χ1) is 8.91. The van der Waals surface area contributed by atoms with Crippen LogP contribution in [0.25, 0.3) is 0 Å². The standard InChI is InChI=1S/C11H7F3N4S/c1-18-10(16-6-17-18)19-8-2-3-9(11(12,13)14)7(4-8)5-15/h2-4,6H,1H3. The van der Waals surface area contributed by atoms with Gasteiger partial charge in [0.2, 0.25) is 0 Å². The van der Waals surface area contributed by atoms with Crippen LogP contribution in [0.1, 0.15) is 11.1 Å². The number of hydrogen-bond donors (Lipinski definition) is 0. The maximum atomic E-state index is 12.6. The molecule has 0 N–H and O–H groups in total. The van der Waals surface area contributed by atoms with Crippen molar-refractivity contribution in [1.82, 2.24) is 14.8 Å². The second-order valence-corrected chi connectivity index (χ2v) is 4.63. The molecule has 0 bridgehead atoms. The highest BCUT2D eigenvalue weighted by Crippen LogP contribution is 2.35. The fraction of sp³-hybridized carbons (Fsp3) is 0.182. The van der Waals surface area contributed by atoms with Crippen LogP contribution >= 0.6 is 11.8 Å². The Hall–Kier alpha value is -2.01. The lowest BCUT2D eigenvalue weighted by Crippen LogP contribution is -2.07. The Kier molecular flexibility index (Phi) is 3.48. The first-order valence-corrected chi connectivity index (χ1v) is 5.86. The molecule has 0 aliphatic rings. The molecule has 0 fully saturated rings. The topological polar surface area (TPSA) is 54.5 Å². The van der Waals surface area contributed by atoms with E-state index in [1.54, 1.807) is 13.1 Å². The summed E-state index contributed by atoms with van der Waals surface area (Å²) in [5.41, 5.74) is -1.34. The number of halogens is 3. The molecule has 1 heterocycles. The molecule has 0 saturated carbocycles. The lowest BCUT2D eigenvalue weighted by Gasteiger charge is -2.09. The molecule has 1 aromatic heterocycles. The molecule has 0 aliphatic carbocycles. The SMILES string of the molecule is Cn1ncnc1Sc1ccc(C(F)(F)F)c(C#N)c1. The molecule has 0 radical (unpaired) electrons. The molecule has 2 aromatic rings. The molecule has 0 saturated heterocycles. The van der Waals surface area contributed by atoms with Crippen LogP contribution < -0.4 is 0 Å². The Labute approximate surface area is 110 Å². The van der Waals surface area contributed by atoms with E-state index in [2.05, 4.69) is 10.1 Å². The zero-order valence-electron chi connectivity index (χ0n) is 9.64. The van der Waals surface area contributed by atoms with Crippen molar-refractivity contribution in [2.75, 3.05) is 0 Å². The zero-order chi connectivity index (χ0) is 14.0. The lowest BCUT2D eigenvalue weighted by atomic mass is 10.1. The van der Waals surface area contributed by atoms with Crippen LogP contribution in [0.4, 0.5) is 13.2 Å². The Bertz CT molecular complexity index is 642. The summed E-state index contributed by atoms with van der Waals surface area (Å²) in [7, 11) is 1.67. The summed E-state index contributed by atoms with van der Waals surface area (Å²) in [5.74, 6) is 0.